The van der Waals surface area contributed by atoms with E-state index in [2.05, 4.69) is 0 Å². The quantitative estimate of drug-likeness (QED) is 0.799. The van der Waals surface area contributed by atoms with Gasteiger partial charge in [0.1, 0.15) is 6.17 Å². The van der Waals surface area contributed by atoms with Gasteiger partial charge in [0.15, 0.2) is 0 Å². The second-order valence-electron chi connectivity index (χ2n) is 5.24. The normalized spacial score (nSPS) is 23.0. The summed E-state index contributed by atoms with van der Waals surface area (Å²) in [6, 6.07) is 12.7. The first-order chi connectivity index (χ1) is 12.5. The van der Waals surface area contributed by atoms with Crippen molar-refractivity contribution in [1.29, 1.82) is 0 Å². The Hall–Kier alpha value is -2.22. The lowest BCUT2D eigenvalue weighted by molar-refractivity contribution is 0.383. The molecule has 0 spiro atoms. The molecule has 2 heteroatoms. The SMILES string of the molecule is [2H]C([2H])([2H])c1ccccc1-c1cccc(N2C=CN(C([2H])([2H])[2H])C2C)c1C. The van der Waals surface area contributed by atoms with Gasteiger partial charge >= 0.3 is 0 Å². The third kappa shape index (κ3) is 2.31. The Morgan fingerprint density at radius 1 is 1.00 bits per heavy atom. The van der Waals surface area contributed by atoms with Gasteiger partial charge < -0.3 is 9.80 Å². The molecule has 21 heavy (non-hydrogen) atoms. The fourth-order valence-corrected chi connectivity index (χ4v) is 2.72. The molecule has 0 aromatic heterocycles. The van der Waals surface area contributed by atoms with Gasteiger partial charge in [-0.05, 0) is 49.0 Å². The van der Waals surface area contributed by atoms with Gasteiger partial charge in [0, 0.05) is 33.3 Å². The summed E-state index contributed by atoms with van der Waals surface area (Å²) in [6.45, 7) is -0.670. The molecule has 0 saturated heterocycles. The van der Waals surface area contributed by atoms with E-state index in [0.717, 1.165) is 16.8 Å². The molecule has 0 radical (unpaired) electrons. The zero-order valence-electron chi connectivity index (χ0n) is 18.2. The van der Waals surface area contributed by atoms with E-state index >= 15 is 0 Å². The van der Waals surface area contributed by atoms with E-state index in [0.29, 0.717) is 11.1 Å². The Balaban J connectivity index is 2.07. The van der Waals surface area contributed by atoms with Gasteiger partial charge in [-0.15, -0.1) is 0 Å². The highest BCUT2D eigenvalue weighted by atomic mass is 15.4. The van der Waals surface area contributed by atoms with Gasteiger partial charge in [0.2, 0.25) is 0 Å². The number of benzene rings is 2. The predicted octanol–water partition coefficient (Wildman–Crippen LogP) is 4.54. The summed E-state index contributed by atoms with van der Waals surface area (Å²) >= 11 is 0. The van der Waals surface area contributed by atoms with Crippen LogP contribution in [0.3, 0.4) is 0 Å². The first-order valence-electron chi connectivity index (χ1n) is 9.96. The van der Waals surface area contributed by atoms with Crippen LogP contribution in [0.1, 0.15) is 26.3 Å². The van der Waals surface area contributed by atoms with E-state index in [9.17, 15) is 0 Å². The van der Waals surface area contributed by atoms with E-state index in [-0.39, 0.29) is 6.17 Å². The molecule has 0 N–H and O–H groups in total. The average molecular weight is 284 g/mol. The van der Waals surface area contributed by atoms with Gasteiger partial charge in [-0.3, -0.25) is 0 Å². The summed E-state index contributed by atoms with van der Waals surface area (Å²) in [7, 11) is 0. The Labute approximate surface area is 135 Å². The largest absolute Gasteiger partial charge is 0.359 e. The van der Waals surface area contributed by atoms with Crippen LogP contribution < -0.4 is 4.90 Å². The molecule has 1 unspecified atom stereocenters. The Kier molecular flexibility index (Phi) is 2.08. The van der Waals surface area contributed by atoms with Crippen LogP contribution in [0.25, 0.3) is 11.1 Å². The van der Waals surface area contributed by atoms with E-state index < -0.39 is 13.8 Å². The number of hydrogen-bond donors (Lipinski definition) is 0. The standard InChI is InChI=1S/C19H22N2/c1-14-8-5-6-9-17(14)18-10-7-11-19(15(18)2)21-13-12-20(4)16(21)3/h5-13,16H,1-4H3/i1D3,4D3. The van der Waals surface area contributed by atoms with Crippen LogP contribution in [0.15, 0.2) is 54.9 Å². The molecule has 0 amide bonds. The van der Waals surface area contributed by atoms with Crippen molar-refractivity contribution in [2.24, 2.45) is 0 Å². The molecule has 0 saturated carbocycles. The minimum atomic E-state index is -2.22. The lowest BCUT2D eigenvalue weighted by Crippen LogP contribution is -2.33. The summed E-state index contributed by atoms with van der Waals surface area (Å²) in [5.41, 5.74) is 3.55. The van der Waals surface area contributed by atoms with E-state index in [1.807, 2.05) is 49.1 Å². The smallest absolute Gasteiger partial charge is 0.102 e. The fraction of sp³-hybridized carbons (Fsp3) is 0.263. The molecule has 0 bridgehead atoms. The lowest BCUT2D eigenvalue weighted by atomic mass is 9.95. The van der Waals surface area contributed by atoms with Gasteiger partial charge in [0.05, 0.1) is 0 Å². The molecule has 1 atom stereocenters. The molecule has 1 aliphatic rings. The first kappa shape index (κ1) is 8.28. The van der Waals surface area contributed by atoms with Gasteiger partial charge in [-0.2, -0.15) is 0 Å². The Morgan fingerprint density at radius 3 is 2.57 bits per heavy atom. The van der Waals surface area contributed by atoms with Crippen molar-refractivity contribution < 1.29 is 8.22 Å². The van der Waals surface area contributed by atoms with Crippen LogP contribution in [0.5, 0.6) is 0 Å². The first-order valence-corrected chi connectivity index (χ1v) is 6.96. The van der Waals surface area contributed by atoms with E-state index in [1.165, 1.54) is 4.90 Å². The van der Waals surface area contributed by atoms with Crippen LogP contribution in [-0.2, 0) is 0 Å². The zero-order valence-corrected chi connectivity index (χ0v) is 12.2. The number of hydrogen-bond acceptors (Lipinski definition) is 2. The molecule has 3 rings (SSSR count). The fourth-order valence-electron chi connectivity index (χ4n) is 2.72. The van der Waals surface area contributed by atoms with Crippen molar-refractivity contribution in [2.45, 2.75) is 26.9 Å². The lowest BCUT2D eigenvalue weighted by Gasteiger charge is -2.29. The topological polar surface area (TPSA) is 6.48 Å². The zero-order chi connectivity index (χ0) is 20.0. The molecular formula is C19H22N2. The van der Waals surface area contributed by atoms with Crippen LogP contribution >= 0.6 is 0 Å². The molecule has 2 aromatic carbocycles. The third-order valence-electron chi connectivity index (χ3n) is 3.99. The summed E-state index contributed by atoms with van der Waals surface area (Å²) in [5.74, 6) is 0. The number of aryl methyl sites for hydroxylation is 1. The second kappa shape index (κ2) is 5.28. The van der Waals surface area contributed by atoms with Crippen molar-refractivity contribution in [3.63, 3.8) is 0 Å². The maximum atomic E-state index is 7.82. The Morgan fingerprint density at radius 2 is 1.81 bits per heavy atom. The highest BCUT2D eigenvalue weighted by Crippen LogP contribution is 2.34. The van der Waals surface area contributed by atoms with Crippen molar-refractivity contribution in [3.05, 3.63) is 66.0 Å². The summed E-state index contributed by atoms with van der Waals surface area (Å²) in [5, 5.41) is 0. The number of anilines is 1. The number of rotatable bonds is 2. The van der Waals surface area contributed by atoms with Gasteiger partial charge in [-0.25, -0.2) is 0 Å². The maximum absolute atomic E-state index is 7.82. The highest BCUT2D eigenvalue weighted by molar-refractivity contribution is 5.76. The maximum Gasteiger partial charge on any atom is 0.102 e. The molecule has 0 fully saturated rings. The summed E-state index contributed by atoms with van der Waals surface area (Å²) in [6.07, 6.45) is 2.95. The van der Waals surface area contributed by atoms with Gasteiger partial charge in [0.25, 0.3) is 0 Å². The van der Waals surface area contributed by atoms with Crippen LogP contribution in [0, 0.1) is 13.8 Å². The molecule has 2 aromatic rings. The van der Waals surface area contributed by atoms with Gasteiger partial charge in [-0.1, -0.05) is 36.4 Å². The minimum Gasteiger partial charge on any atom is -0.359 e. The van der Waals surface area contributed by atoms with E-state index in [4.69, 9.17) is 8.22 Å². The monoisotopic (exact) mass is 284 g/mol. The molecular weight excluding hydrogens is 256 g/mol. The van der Waals surface area contributed by atoms with E-state index in [1.54, 1.807) is 24.5 Å². The van der Waals surface area contributed by atoms with Crippen LogP contribution in [0.4, 0.5) is 5.69 Å². The predicted molar refractivity (Wildman–Crippen MR) is 90.2 cm³/mol. The molecule has 1 heterocycles. The highest BCUT2D eigenvalue weighted by Gasteiger charge is 2.22. The van der Waals surface area contributed by atoms with Crippen molar-refractivity contribution in [3.8, 4) is 11.1 Å². The number of nitrogens with zero attached hydrogens (tertiary/aromatic N) is 2. The second-order valence-corrected chi connectivity index (χ2v) is 5.24. The van der Waals surface area contributed by atoms with Crippen LogP contribution in [-0.4, -0.2) is 18.0 Å². The average Bonchev–Trinajstić information content (AvgIpc) is 2.96. The molecule has 1 aliphatic heterocycles. The molecule has 0 aliphatic carbocycles. The van der Waals surface area contributed by atoms with Crippen molar-refractivity contribution in [1.82, 2.24) is 4.90 Å². The third-order valence-corrected chi connectivity index (χ3v) is 3.99. The van der Waals surface area contributed by atoms with Crippen molar-refractivity contribution in [2.75, 3.05) is 11.9 Å². The summed E-state index contributed by atoms with van der Waals surface area (Å²) in [4.78, 5) is 3.22. The summed E-state index contributed by atoms with van der Waals surface area (Å²) < 4.78 is 46.4. The Bertz CT molecular complexity index is 869. The van der Waals surface area contributed by atoms with Crippen LogP contribution in [0.2, 0.25) is 0 Å². The molecule has 108 valence electrons. The molecule has 2 nitrogen and oxygen atoms in total. The van der Waals surface area contributed by atoms with Crippen molar-refractivity contribution >= 4 is 5.69 Å². The minimum absolute atomic E-state index is 0.305.